The van der Waals surface area contributed by atoms with Crippen molar-refractivity contribution >= 4 is 5.57 Å². The standard InChI is InChI=1S/C18H17N/c1-14-12-17(15-8-4-2-5-9-15)13-18(19-14)16-10-6-3-7-11-16/h2-4,6-8,10-13H,5,9H2,1H3. The van der Waals surface area contributed by atoms with Gasteiger partial charge in [-0.2, -0.15) is 0 Å². The number of aryl methyl sites for hydroxylation is 1. The Morgan fingerprint density at radius 3 is 2.58 bits per heavy atom. The first-order valence-electron chi connectivity index (χ1n) is 6.73. The van der Waals surface area contributed by atoms with Gasteiger partial charge in [0.15, 0.2) is 0 Å². The highest BCUT2D eigenvalue weighted by Gasteiger charge is 2.07. The lowest BCUT2D eigenvalue weighted by atomic mass is 9.96. The fraction of sp³-hybridized carbons (Fsp3) is 0.167. The third-order valence-electron chi connectivity index (χ3n) is 3.41. The SMILES string of the molecule is Cc1cc(C2=CC=CCC2)cc(-c2ccccc2)n1. The molecule has 0 saturated carbocycles. The fourth-order valence-corrected chi connectivity index (χ4v) is 2.45. The quantitative estimate of drug-likeness (QED) is 0.743. The second kappa shape index (κ2) is 5.23. The molecule has 0 unspecified atom stereocenters. The van der Waals surface area contributed by atoms with Crippen LogP contribution in [0.15, 0.2) is 60.7 Å². The number of allylic oxidation sites excluding steroid dienone is 4. The molecule has 19 heavy (non-hydrogen) atoms. The number of hydrogen-bond donors (Lipinski definition) is 0. The van der Waals surface area contributed by atoms with Gasteiger partial charge in [-0.05, 0) is 43.0 Å². The molecule has 94 valence electrons. The number of hydrogen-bond acceptors (Lipinski definition) is 1. The molecule has 0 spiro atoms. The Balaban J connectivity index is 2.06. The summed E-state index contributed by atoms with van der Waals surface area (Å²) in [5.74, 6) is 0. The molecule has 0 amide bonds. The molecule has 0 atom stereocenters. The average molecular weight is 247 g/mol. The van der Waals surface area contributed by atoms with Gasteiger partial charge in [0.1, 0.15) is 0 Å². The van der Waals surface area contributed by atoms with E-state index in [9.17, 15) is 0 Å². The maximum atomic E-state index is 4.65. The second-order valence-corrected chi connectivity index (χ2v) is 4.91. The average Bonchev–Trinajstić information content (AvgIpc) is 2.48. The molecule has 1 aliphatic carbocycles. The Hall–Kier alpha value is -2.15. The molecule has 0 N–H and O–H groups in total. The lowest BCUT2D eigenvalue weighted by Gasteiger charge is -2.12. The summed E-state index contributed by atoms with van der Waals surface area (Å²) in [6.07, 6.45) is 8.83. The predicted octanol–water partition coefficient (Wildman–Crippen LogP) is 4.79. The Labute approximate surface area is 114 Å². The lowest BCUT2D eigenvalue weighted by Crippen LogP contribution is -1.94. The Kier molecular flexibility index (Phi) is 3.28. The van der Waals surface area contributed by atoms with Crippen molar-refractivity contribution < 1.29 is 0 Å². The molecule has 1 heteroatoms. The number of benzene rings is 1. The van der Waals surface area contributed by atoms with Gasteiger partial charge in [-0.1, -0.05) is 48.6 Å². The van der Waals surface area contributed by atoms with Crippen molar-refractivity contribution in [2.75, 3.05) is 0 Å². The molecular formula is C18H17N. The summed E-state index contributed by atoms with van der Waals surface area (Å²) in [7, 11) is 0. The normalized spacial score (nSPS) is 14.3. The summed E-state index contributed by atoms with van der Waals surface area (Å²) in [6, 6.07) is 14.8. The molecule has 1 heterocycles. The maximum absolute atomic E-state index is 4.65. The number of rotatable bonds is 2. The van der Waals surface area contributed by atoms with E-state index >= 15 is 0 Å². The van der Waals surface area contributed by atoms with Crippen molar-refractivity contribution in [3.8, 4) is 11.3 Å². The van der Waals surface area contributed by atoms with E-state index < -0.39 is 0 Å². The van der Waals surface area contributed by atoms with Gasteiger partial charge in [0.2, 0.25) is 0 Å². The minimum absolute atomic E-state index is 1.06. The predicted molar refractivity (Wildman–Crippen MR) is 80.8 cm³/mol. The van der Waals surface area contributed by atoms with Crippen molar-refractivity contribution in [2.45, 2.75) is 19.8 Å². The molecule has 1 aromatic heterocycles. The molecule has 1 aromatic carbocycles. The smallest absolute Gasteiger partial charge is 0.0711 e. The molecule has 1 nitrogen and oxygen atoms in total. The summed E-state index contributed by atoms with van der Waals surface area (Å²) < 4.78 is 0. The third-order valence-corrected chi connectivity index (χ3v) is 3.41. The van der Waals surface area contributed by atoms with Crippen molar-refractivity contribution in [3.05, 3.63) is 72.0 Å². The Morgan fingerprint density at radius 1 is 1.00 bits per heavy atom. The zero-order valence-electron chi connectivity index (χ0n) is 11.1. The van der Waals surface area contributed by atoms with Gasteiger partial charge in [-0.25, -0.2) is 0 Å². The van der Waals surface area contributed by atoms with Gasteiger partial charge in [0.05, 0.1) is 5.69 Å². The van der Waals surface area contributed by atoms with E-state index in [1.807, 2.05) is 6.07 Å². The largest absolute Gasteiger partial charge is 0.253 e. The van der Waals surface area contributed by atoms with E-state index in [-0.39, 0.29) is 0 Å². The summed E-state index contributed by atoms with van der Waals surface area (Å²) in [6.45, 7) is 2.06. The van der Waals surface area contributed by atoms with Crippen molar-refractivity contribution in [3.63, 3.8) is 0 Å². The summed E-state index contributed by atoms with van der Waals surface area (Å²) in [5, 5.41) is 0. The first-order valence-corrected chi connectivity index (χ1v) is 6.73. The summed E-state index contributed by atoms with van der Waals surface area (Å²) >= 11 is 0. The Bertz CT molecular complexity index is 636. The summed E-state index contributed by atoms with van der Waals surface area (Å²) in [4.78, 5) is 4.65. The van der Waals surface area contributed by atoms with Crippen molar-refractivity contribution in [1.82, 2.24) is 4.98 Å². The summed E-state index contributed by atoms with van der Waals surface area (Å²) in [5.41, 5.74) is 6.03. The molecule has 0 bridgehead atoms. The van der Waals surface area contributed by atoms with Crippen LogP contribution < -0.4 is 0 Å². The maximum Gasteiger partial charge on any atom is 0.0711 e. The minimum Gasteiger partial charge on any atom is -0.253 e. The van der Waals surface area contributed by atoms with E-state index in [4.69, 9.17) is 0 Å². The minimum atomic E-state index is 1.06. The second-order valence-electron chi connectivity index (χ2n) is 4.91. The number of aromatic nitrogens is 1. The van der Waals surface area contributed by atoms with Crippen LogP contribution in [0.3, 0.4) is 0 Å². The Morgan fingerprint density at radius 2 is 1.84 bits per heavy atom. The van der Waals surface area contributed by atoms with Crippen molar-refractivity contribution in [1.29, 1.82) is 0 Å². The number of pyridine rings is 1. The van der Waals surface area contributed by atoms with Crippen LogP contribution in [0.25, 0.3) is 16.8 Å². The van der Waals surface area contributed by atoms with Gasteiger partial charge in [-0.15, -0.1) is 0 Å². The molecular weight excluding hydrogens is 230 g/mol. The number of nitrogens with zero attached hydrogens (tertiary/aromatic N) is 1. The zero-order valence-corrected chi connectivity index (χ0v) is 11.1. The molecule has 0 radical (unpaired) electrons. The van der Waals surface area contributed by atoms with Crippen LogP contribution in [0.4, 0.5) is 0 Å². The first-order chi connectivity index (χ1) is 9.33. The van der Waals surface area contributed by atoms with Gasteiger partial charge in [-0.3, -0.25) is 4.98 Å². The van der Waals surface area contributed by atoms with Crippen LogP contribution in [0.2, 0.25) is 0 Å². The molecule has 0 saturated heterocycles. The topological polar surface area (TPSA) is 12.9 Å². The van der Waals surface area contributed by atoms with Crippen LogP contribution >= 0.6 is 0 Å². The molecule has 3 rings (SSSR count). The third kappa shape index (κ3) is 2.65. The molecule has 0 aliphatic heterocycles. The van der Waals surface area contributed by atoms with E-state index in [0.29, 0.717) is 0 Å². The van der Waals surface area contributed by atoms with E-state index in [1.165, 1.54) is 16.7 Å². The van der Waals surface area contributed by atoms with Crippen LogP contribution in [0.5, 0.6) is 0 Å². The van der Waals surface area contributed by atoms with Crippen LogP contribution in [0.1, 0.15) is 24.1 Å². The van der Waals surface area contributed by atoms with Crippen molar-refractivity contribution in [2.24, 2.45) is 0 Å². The van der Waals surface area contributed by atoms with E-state index in [2.05, 4.69) is 66.5 Å². The van der Waals surface area contributed by atoms with E-state index in [1.54, 1.807) is 0 Å². The van der Waals surface area contributed by atoms with Crippen LogP contribution in [-0.4, -0.2) is 4.98 Å². The molecule has 2 aromatic rings. The highest BCUT2D eigenvalue weighted by Crippen LogP contribution is 2.27. The fourth-order valence-electron chi connectivity index (χ4n) is 2.45. The van der Waals surface area contributed by atoms with Gasteiger partial charge in [0, 0.05) is 11.3 Å². The molecule has 0 fully saturated rings. The zero-order chi connectivity index (χ0) is 13.1. The highest BCUT2D eigenvalue weighted by molar-refractivity contribution is 5.72. The van der Waals surface area contributed by atoms with Gasteiger partial charge >= 0.3 is 0 Å². The molecule has 1 aliphatic rings. The van der Waals surface area contributed by atoms with E-state index in [0.717, 1.165) is 24.2 Å². The lowest BCUT2D eigenvalue weighted by molar-refractivity contribution is 1.05. The van der Waals surface area contributed by atoms with Gasteiger partial charge < -0.3 is 0 Å². The highest BCUT2D eigenvalue weighted by atomic mass is 14.7. The monoisotopic (exact) mass is 247 g/mol. The van der Waals surface area contributed by atoms with Crippen LogP contribution in [0, 0.1) is 6.92 Å². The van der Waals surface area contributed by atoms with Gasteiger partial charge in [0.25, 0.3) is 0 Å². The van der Waals surface area contributed by atoms with Crippen LogP contribution in [-0.2, 0) is 0 Å². The first kappa shape index (κ1) is 11.9.